The smallest absolute Gasteiger partial charge is 0.163 e. The summed E-state index contributed by atoms with van der Waals surface area (Å²) in [5.41, 5.74) is 6.49. The van der Waals surface area contributed by atoms with E-state index >= 15 is 0 Å². The Morgan fingerprint density at radius 1 is 1.25 bits per heavy atom. The Labute approximate surface area is 116 Å². The van der Waals surface area contributed by atoms with Gasteiger partial charge in [-0.05, 0) is 18.2 Å². The summed E-state index contributed by atoms with van der Waals surface area (Å²) in [6, 6.07) is 11.3. The number of halogens is 1. The number of hydrogen-bond acceptors (Lipinski definition) is 4. The molecule has 0 unspecified atom stereocenters. The number of nitrogens with two attached hydrogens (primary N) is 1. The van der Waals surface area contributed by atoms with E-state index in [-0.39, 0.29) is 12.2 Å². The molecule has 0 aliphatic carbocycles. The highest BCUT2D eigenvalue weighted by Gasteiger charge is 2.10. The Morgan fingerprint density at radius 2 is 2.05 bits per heavy atom. The zero-order valence-electron chi connectivity index (χ0n) is 10.9. The van der Waals surface area contributed by atoms with Gasteiger partial charge in [-0.3, -0.25) is 0 Å². The van der Waals surface area contributed by atoms with Gasteiger partial charge in [0.05, 0.1) is 12.7 Å². The van der Waals surface area contributed by atoms with Gasteiger partial charge in [0.2, 0.25) is 0 Å². The minimum Gasteiger partial charge on any atom is -0.493 e. The fraction of sp³-hybridized carbons (Fsp3) is 0.133. The molecule has 0 bridgehead atoms. The lowest BCUT2D eigenvalue weighted by molar-refractivity contribution is 0.280. The Bertz CT molecular complexity index is 663. The summed E-state index contributed by atoms with van der Waals surface area (Å²) in [5, 5.41) is 8.78. The summed E-state index contributed by atoms with van der Waals surface area (Å²) in [5.74, 6) is 0.364. The maximum Gasteiger partial charge on any atom is 0.163 e. The van der Waals surface area contributed by atoms with E-state index in [1.165, 1.54) is 13.2 Å². The van der Waals surface area contributed by atoms with Crippen LogP contribution in [0, 0.1) is 17.1 Å². The number of nitrogens with zero attached hydrogens (tertiary/aromatic N) is 1. The molecule has 0 spiro atoms. The second-order valence-corrected chi connectivity index (χ2v) is 4.09. The van der Waals surface area contributed by atoms with E-state index in [2.05, 4.69) is 0 Å². The maximum atomic E-state index is 13.9. The summed E-state index contributed by atoms with van der Waals surface area (Å²) in [6.45, 7) is -0.0127. The number of methoxy groups -OCH3 is 1. The molecule has 102 valence electrons. The lowest BCUT2D eigenvalue weighted by Crippen LogP contribution is -2.02. The van der Waals surface area contributed by atoms with Crippen LogP contribution >= 0.6 is 0 Å². The summed E-state index contributed by atoms with van der Waals surface area (Å²) in [7, 11) is 1.51. The molecule has 4 nitrogen and oxygen atoms in total. The van der Waals surface area contributed by atoms with Crippen LogP contribution in [0.3, 0.4) is 0 Å². The molecule has 2 N–H and O–H groups in total. The van der Waals surface area contributed by atoms with Crippen LogP contribution in [0.1, 0.15) is 11.1 Å². The number of rotatable bonds is 4. The van der Waals surface area contributed by atoms with Gasteiger partial charge < -0.3 is 15.2 Å². The molecule has 0 fully saturated rings. The molecule has 0 radical (unpaired) electrons. The number of nitrogen functional groups attached to an aromatic ring is 1. The molecule has 0 atom stereocenters. The zero-order chi connectivity index (χ0) is 14.5. The largest absolute Gasteiger partial charge is 0.493 e. The van der Waals surface area contributed by atoms with Crippen molar-refractivity contribution in [2.45, 2.75) is 6.61 Å². The Kier molecular flexibility index (Phi) is 4.06. The van der Waals surface area contributed by atoms with Crippen LogP contribution in [0.25, 0.3) is 0 Å². The lowest BCUT2D eigenvalue weighted by Gasteiger charge is -2.12. The monoisotopic (exact) mass is 272 g/mol. The minimum absolute atomic E-state index is 0.00867. The third kappa shape index (κ3) is 2.81. The van der Waals surface area contributed by atoms with Crippen LogP contribution in [-0.4, -0.2) is 7.11 Å². The van der Waals surface area contributed by atoms with Crippen molar-refractivity contribution in [2.75, 3.05) is 12.8 Å². The fourth-order valence-electron chi connectivity index (χ4n) is 1.74. The first-order valence-electron chi connectivity index (χ1n) is 5.89. The highest BCUT2D eigenvalue weighted by Crippen LogP contribution is 2.30. The van der Waals surface area contributed by atoms with Crippen LogP contribution in [0.5, 0.6) is 11.5 Å². The molecule has 0 heterocycles. The fourth-order valence-corrected chi connectivity index (χ4v) is 1.74. The Hall–Kier alpha value is -2.74. The first-order valence-corrected chi connectivity index (χ1v) is 5.89. The second-order valence-electron chi connectivity index (χ2n) is 4.09. The third-order valence-electron chi connectivity index (χ3n) is 2.77. The summed E-state index contributed by atoms with van der Waals surface area (Å²) in [6.07, 6.45) is 0. The van der Waals surface area contributed by atoms with E-state index in [1.807, 2.05) is 0 Å². The van der Waals surface area contributed by atoms with Gasteiger partial charge in [-0.2, -0.15) is 5.26 Å². The molecule has 20 heavy (non-hydrogen) atoms. The van der Waals surface area contributed by atoms with Crippen LogP contribution < -0.4 is 15.2 Å². The van der Waals surface area contributed by atoms with Crippen LogP contribution in [0.2, 0.25) is 0 Å². The second kappa shape index (κ2) is 5.93. The van der Waals surface area contributed by atoms with Crippen molar-refractivity contribution in [3.63, 3.8) is 0 Å². The molecule has 0 saturated carbocycles. The minimum atomic E-state index is -0.571. The third-order valence-corrected chi connectivity index (χ3v) is 2.77. The molecule has 0 aromatic heterocycles. The number of ether oxygens (including phenoxy) is 2. The van der Waals surface area contributed by atoms with E-state index in [0.717, 1.165) is 0 Å². The average molecular weight is 272 g/mol. The first-order chi connectivity index (χ1) is 9.65. The predicted octanol–water partition coefficient (Wildman–Crippen LogP) is 2.87. The Morgan fingerprint density at radius 3 is 2.75 bits per heavy atom. The van der Waals surface area contributed by atoms with Gasteiger partial charge >= 0.3 is 0 Å². The lowest BCUT2D eigenvalue weighted by atomic mass is 10.1. The summed E-state index contributed by atoms with van der Waals surface area (Å²) in [4.78, 5) is 0. The molecule has 2 aromatic rings. The van der Waals surface area contributed by atoms with Crippen molar-refractivity contribution in [2.24, 2.45) is 0 Å². The molecule has 5 heteroatoms. The van der Waals surface area contributed by atoms with Crippen LogP contribution in [-0.2, 0) is 6.61 Å². The average Bonchev–Trinajstić information content (AvgIpc) is 2.46. The highest BCUT2D eigenvalue weighted by atomic mass is 19.1. The molecular formula is C15H13FN2O2. The van der Waals surface area contributed by atoms with Gasteiger partial charge in [-0.1, -0.05) is 12.1 Å². The summed E-state index contributed by atoms with van der Waals surface area (Å²) < 4.78 is 24.5. The van der Waals surface area contributed by atoms with Crippen molar-refractivity contribution in [1.82, 2.24) is 0 Å². The van der Waals surface area contributed by atoms with Crippen LogP contribution in [0.15, 0.2) is 36.4 Å². The van der Waals surface area contributed by atoms with Crippen molar-refractivity contribution in [1.29, 1.82) is 5.26 Å². The standard InChI is InChI=1S/C15H13FN2O2/c1-19-13-6-5-12(18)7-14(13)20-9-11-4-2-3-10(8-17)15(11)16/h2-7H,9,18H2,1H3. The van der Waals surface area contributed by atoms with Crippen molar-refractivity contribution < 1.29 is 13.9 Å². The molecule has 0 amide bonds. The molecular weight excluding hydrogens is 259 g/mol. The molecule has 2 aromatic carbocycles. The maximum absolute atomic E-state index is 13.9. The van der Waals surface area contributed by atoms with Crippen molar-refractivity contribution in [3.8, 4) is 17.6 Å². The van der Waals surface area contributed by atoms with E-state index in [4.69, 9.17) is 20.5 Å². The van der Waals surface area contributed by atoms with E-state index in [9.17, 15) is 4.39 Å². The Balaban J connectivity index is 2.21. The summed E-state index contributed by atoms with van der Waals surface area (Å²) >= 11 is 0. The molecule has 0 aliphatic rings. The number of anilines is 1. The van der Waals surface area contributed by atoms with E-state index in [1.54, 1.807) is 36.4 Å². The van der Waals surface area contributed by atoms with Crippen molar-refractivity contribution in [3.05, 3.63) is 53.3 Å². The molecule has 2 rings (SSSR count). The van der Waals surface area contributed by atoms with Crippen LogP contribution in [0.4, 0.5) is 10.1 Å². The normalized spacial score (nSPS) is 9.85. The number of benzene rings is 2. The SMILES string of the molecule is COc1ccc(N)cc1OCc1cccc(C#N)c1F. The predicted molar refractivity (Wildman–Crippen MR) is 72.9 cm³/mol. The highest BCUT2D eigenvalue weighted by molar-refractivity contribution is 5.52. The van der Waals surface area contributed by atoms with E-state index < -0.39 is 5.82 Å². The zero-order valence-corrected chi connectivity index (χ0v) is 10.9. The van der Waals surface area contributed by atoms with Gasteiger partial charge in [0, 0.05) is 17.3 Å². The van der Waals surface area contributed by atoms with Gasteiger partial charge in [0.25, 0.3) is 0 Å². The van der Waals surface area contributed by atoms with Gasteiger partial charge in [-0.25, -0.2) is 4.39 Å². The van der Waals surface area contributed by atoms with Gasteiger partial charge in [0.1, 0.15) is 18.5 Å². The molecule has 0 aliphatic heterocycles. The quantitative estimate of drug-likeness (QED) is 0.869. The number of nitriles is 1. The van der Waals surface area contributed by atoms with Crippen molar-refractivity contribution >= 4 is 5.69 Å². The topological polar surface area (TPSA) is 68.3 Å². The van der Waals surface area contributed by atoms with Gasteiger partial charge in [0.15, 0.2) is 11.5 Å². The van der Waals surface area contributed by atoms with Gasteiger partial charge in [-0.15, -0.1) is 0 Å². The van der Waals surface area contributed by atoms with E-state index in [0.29, 0.717) is 22.7 Å². The number of hydrogen-bond donors (Lipinski definition) is 1. The first kappa shape index (κ1) is 13.7. The molecule has 0 saturated heterocycles.